The van der Waals surface area contributed by atoms with Crippen LogP contribution in [0.3, 0.4) is 0 Å². The van der Waals surface area contributed by atoms with E-state index in [0.29, 0.717) is 6.42 Å². The SMILES string of the molecule is O=C(Cc1cccs1)N[C@@H]1CC[C@@H](N2CCOCC2)[C@@H]1O. The molecule has 0 bridgehead atoms. The van der Waals surface area contributed by atoms with Crippen molar-refractivity contribution >= 4 is 17.2 Å². The van der Waals surface area contributed by atoms with E-state index in [4.69, 9.17) is 4.74 Å². The summed E-state index contributed by atoms with van der Waals surface area (Å²) < 4.78 is 5.35. The van der Waals surface area contributed by atoms with E-state index in [1.807, 2.05) is 17.5 Å². The van der Waals surface area contributed by atoms with Crippen molar-refractivity contribution in [1.29, 1.82) is 0 Å². The Morgan fingerprint density at radius 2 is 2.24 bits per heavy atom. The van der Waals surface area contributed by atoms with Crippen LogP contribution in [-0.4, -0.2) is 60.4 Å². The molecule has 1 aromatic heterocycles. The van der Waals surface area contributed by atoms with Gasteiger partial charge in [0.15, 0.2) is 0 Å². The van der Waals surface area contributed by atoms with Crippen LogP contribution in [0, 0.1) is 0 Å². The van der Waals surface area contributed by atoms with Crippen LogP contribution >= 0.6 is 11.3 Å². The summed E-state index contributed by atoms with van der Waals surface area (Å²) in [6.45, 7) is 3.21. The predicted molar refractivity (Wildman–Crippen MR) is 81.4 cm³/mol. The number of hydrogen-bond donors (Lipinski definition) is 2. The Kier molecular flexibility index (Phi) is 4.90. The zero-order valence-corrected chi connectivity index (χ0v) is 12.8. The minimum atomic E-state index is -0.476. The maximum Gasteiger partial charge on any atom is 0.225 e. The van der Waals surface area contributed by atoms with Crippen LogP contribution < -0.4 is 5.32 Å². The van der Waals surface area contributed by atoms with E-state index >= 15 is 0 Å². The number of ether oxygens (including phenoxy) is 1. The molecule has 0 spiro atoms. The van der Waals surface area contributed by atoms with Crippen molar-refractivity contribution in [1.82, 2.24) is 10.2 Å². The first kappa shape index (κ1) is 15.0. The van der Waals surface area contributed by atoms with Gasteiger partial charge < -0.3 is 15.2 Å². The standard InChI is InChI=1S/C15H22N2O3S/c18-14(10-11-2-1-9-21-11)16-12-3-4-13(15(12)19)17-5-7-20-8-6-17/h1-2,9,12-13,15,19H,3-8,10H2,(H,16,18)/t12-,13-,15-/m1/s1. The first-order chi connectivity index (χ1) is 10.2. The van der Waals surface area contributed by atoms with Gasteiger partial charge in [0.05, 0.1) is 31.8 Å². The van der Waals surface area contributed by atoms with Crippen molar-refractivity contribution in [2.75, 3.05) is 26.3 Å². The Morgan fingerprint density at radius 1 is 1.43 bits per heavy atom. The highest BCUT2D eigenvalue weighted by Gasteiger charge is 2.39. The van der Waals surface area contributed by atoms with E-state index in [-0.39, 0.29) is 18.0 Å². The molecule has 6 heteroatoms. The van der Waals surface area contributed by atoms with E-state index in [0.717, 1.165) is 44.0 Å². The zero-order valence-electron chi connectivity index (χ0n) is 12.0. The molecule has 1 aliphatic heterocycles. The summed E-state index contributed by atoms with van der Waals surface area (Å²) in [6.07, 6.45) is 1.71. The Labute approximate surface area is 128 Å². The monoisotopic (exact) mass is 310 g/mol. The molecule has 1 saturated carbocycles. The van der Waals surface area contributed by atoms with Gasteiger partial charge in [-0.25, -0.2) is 0 Å². The molecular weight excluding hydrogens is 288 g/mol. The van der Waals surface area contributed by atoms with E-state index in [1.54, 1.807) is 11.3 Å². The molecule has 1 aliphatic carbocycles. The summed E-state index contributed by atoms with van der Waals surface area (Å²) in [5, 5.41) is 15.5. The summed E-state index contributed by atoms with van der Waals surface area (Å²) in [6, 6.07) is 3.95. The Morgan fingerprint density at radius 3 is 2.95 bits per heavy atom. The molecule has 0 unspecified atom stereocenters. The van der Waals surface area contributed by atoms with Gasteiger partial charge in [0.25, 0.3) is 0 Å². The molecule has 3 rings (SSSR count). The minimum absolute atomic E-state index is 0.00382. The molecule has 2 N–H and O–H groups in total. The van der Waals surface area contributed by atoms with Gasteiger partial charge >= 0.3 is 0 Å². The average molecular weight is 310 g/mol. The number of carbonyl (C=O) groups excluding carboxylic acids is 1. The van der Waals surface area contributed by atoms with Crippen molar-refractivity contribution in [2.24, 2.45) is 0 Å². The normalized spacial score (nSPS) is 30.4. The molecule has 21 heavy (non-hydrogen) atoms. The first-order valence-corrected chi connectivity index (χ1v) is 8.43. The molecular formula is C15H22N2O3S. The van der Waals surface area contributed by atoms with Crippen molar-refractivity contribution in [3.63, 3.8) is 0 Å². The zero-order chi connectivity index (χ0) is 14.7. The van der Waals surface area contributed by atoms with Crippen LogP contribution in [0.5, 0.6) is 0 Å². The van der Waals surface area contributed by atoms with Crippen LogP contribution in [0.1, 0.15) is 17.7 Å². The lowest BCUT2D eigenvalue weighted by Gasteiger charge is -2.34. The molecule has 0 radical (unpaired) electrons. The molecule has 116 valence electrons. The summed E-state index contributed by atoms with van der Waals surface area (Å²) in [5.41, 5.74) is 0. The average Bonchev–Trinajstić information content (AvgIpc) is 3.11. The van der Waals surface area contributed by atoms with Crippen molar-refractivity contribution in [3.8, 4) is 0 Å². The fourth-order valence-electron chi connectivity index (χ4n) is 3.25. The van der Waals surface area contributed by atoms with Gasteiger partial charge in [-0.3, -0.25) is 9.69 Å². The third-order valence-corrected chi connectivity index (χ3v) is 5.23. The van der Waals surface area contributed by atoms with Gasteiger partial charge in [-0.1, -0.05) is 6.07 Å². The summed E-state index contributed by atoms with van der Waals surface area (Å²) in [5.74, 6) is 0.00382. The Bertz CT molecular complexity index is 459. The molecule has 2 fully saturated rings. The maximum atomic E-state index is 12.0. The predicted octanol–water partition coefficient (Wildman–Crippen LogP) is 0.631. The molecule has 1 aromatic rings. The third-order valence-electron chi connectivity index (χ3n) is 4.36. The Balaban J connectivity index is 1.51. The minimum Gasteiger partial charge on any atom is -0.389 e. The smallest absolute Gasteiger partial charge is 0.225 e. The number of thiophene rings is 1. The van der Waals surface area contributed by atoms with Crippen LogP contribution in [0.15, 0.2) is 17.5 Å². The number of nitrogens with zero attached hydrogens (tertiary/aromatic N) is 1. The number of nitrogens with one attached hydrogen (secondary N) is 1. The number of hydrogen-bond acceptors (Lipinski definition) is 5. The van der Waals surface area contributed by atoms with Crippen molar-refractivity contribution in [2.45, 2.75) is 37.5 Å². The number of rotatable bonds is 4. The number of aliphatic hydroxyl groups excluding tert-OH is 1. The molecule has 1 saturated heterocycles. The van der Waals surface area contributed by atoms with Gasteiger partial charge in [-0.05, 0) is 24.3 Å². The van der Waals surface area contributed by atoms with E-state index in [9.17, 15) is 9.90 Å². The van der Waals surface area contributed by atoms with Crippen LogP contribution in [0.2, 0.25) is 0 Å². The molecule has 2 aliphatic rings. The lowest BCUT2D eigenvalue weighted by Crippen LogP contribution is -2.51. The largest absolute Gasteiger partial charge is 0.389 e. The fraction of sp³-hybridized carbons (Fsp3) is 0.667. The molecule has 0 aromatic carbocycles. The number of morpholine rings is 1. The Hall–Kier alpha value is -0.950. The third kappa shape index (κ3) is 3.63. The number of amides is 1. The van der Waals surface area contributed by atoms with E-state index in [1.165, 1.54) is 0 Å². The summed E-state index contributed by atoms with van der Waals surface area (Å²) in [4.78, 5) is 15.4. The first-order valence-electron chi connectivity index (χ1n) is 7.55. The van der Waals surface area contributed by atoms with Gasteiger partial charge in [0, 0.05) is 24.0 Å². The second kappa shape index (κ2) is 6.87. The number of carbonyl (C=O) groups is 1. The number of aliphatic hydroxyl groups is 1. The molecule has 2 heterocycles. The van der Waals surface area contributed by atoms with Gasteiger partial charge in [-0.15, -0.1) is 11.3 Å². The highest BCUT2D eigenvalue weighted by Crippen LogP contribution is 2.25. The van der Waals surface area contributed by atoms with Crippen LogP contribution in [0.4, 0.5) is 0 Å². The summed E-state index contributed by atoms with van der Waals surface area (Å²) >= 11 is 1.59. The molecule has 3 atom stereocenters. The van der Waals surface area contributed by atoms with Gasteiger partial charge in [0.1, 0.15) is 0 Å². The van der Waals surface area contributed by atoms with Crippen molar-refractivity contribution in [3.05, 3.63) is 22.4 Å². The highest BCUT2D eigenvalue weighted by molar-refractivity contribution is 7.10. The van der Waals surface area contributed by atoms with Crippen molar-refractivity contribution < 1.29 is 14.6 Å². The second-order valence-electron chi connectivity index (χ2n) is 5.71. The quantitative estimate of drug-likeness (QED) is 0.856. The highest BCUT2D eigenvalue weighted by atomic mass is 32.1. The lowest BCUT2D eigenvalue weighted by molar-refractivity contribution is -0.122. The molecule has 5 nitrogen and oxygen atoms in total. The topological polar surface area (TPSA) is 61.8 Å². The van der Waals surface area contributed by atoms with Gasteiger partial charge in [-0.2, -0.15) is 0 Å². The fourth-order valence-corrected chi connectivity index (χ4v) is 3.96. The van der Waals surface area contributed by atoms with Crippen LogP contribution in [0.25, 0.3) is 0 Å². The maximum absolute atomic E-state index is 12.0. The molecule has 1 amide bonds. The van der Waals surface area contributed by atoms with Crippen LogP contribution in [-0.2, 0) is 16.0 Å². The lowest BCUT2D eigenvalue weighted by atomic mass is 10.1. The van der Waals surface area contributed by atoms with Gasteiger partial charge in [0.2, 0.25) is 5.91 Å². The van der Waals surface area contributed by atoms with E-state index < -0.39 is 6.10 Å². The van der Waals surface area contributed by atoms with E-state index in [2.05, 4.69) is 10.2 Å². The second-order valence-corrected chi connectivity index (χ2v) is 6.75. The summed E-state index contributed by atoms with van der Waals surface area (Å²) in [7, 11) is 0.